The fourth-order valence-electron chi connectivity index (χ4n) is 5.71. The predicted molar refractivity (Wildman–Crippen MR) is 169 cm³/mol. The van der Waals surface area contributed by atoms with Gasteiger partial charge < -0.3 is 25.0 Å². The number of aromatic nitrogens is 2. The van der Waals surface area contributed by atoms with Gasteiger partial charge in [0.05, 0.1) is 18.2 Å². The lowest BCUT2D eigenvalue weighted by atomic mass is 9.94. The lowest BCUT2D eigenvalue weighted by Gasteiger charge is -2.19. The lowest BCUT2D eigenvalue weighted by molar-refractivity contribution is 0.102. The Bertz CT molecular complexity index is 1870. The molecule has 0 spiro atoms. The number of amides is 1. The van der Waals surface area contributed by atoms with Crippen molar-refractivity contribution in [3.8, 4) is 28.0 Å². The number of aliphatic hydroxyl groups is 1. The summed E-state index contributed by atoms with van der Waals surface area (Å²) in [5.41, 5.74) is 2.63. The van der Waals surface area contributed by atoms with Crippen LogP contribution < -0.4 is 26.6 Å². The Hall–Kier alpha value is -4.25. The largest absolute Gasteiger partial charge is 0.496 e. The van der Waals surface area contributed by atoms with Crippen molar-refractivity contribution in [3.05, 3.63) is 103 Å². The van der Waals surface area contributed by atoms with Crippen LogP contribution in [0.4, 0.5) is 10.1 Å². The summed E-state index contributed by atoms with van der Waals surface area (Å²) >= 11 is 6.96. The highest BCUT2D eigenvalue weighted by Crippen LogP contribution is 2.41. The smallest absolute Gasteiger partial charge is 0.330 e. The highest BCUT2D eigenvalue weighted by molar-refractivity contribution is 6.36. The second-order valence-corrected chi connectivity index (χ2v) is 11.4. The third-order valence-corrected chi connectivity index (χ3v) is 8.68. The zero-order valence-electron chi connectivity index (χ0n) is 24.9. The molecule has 1 amide bonds. The van der Waals surface area contributed by atoms with E-state index < -0.39 is 29.1 Å². The van der Waals surface area contributed by atoms with Gasteiger partial charge in [-0.1, -0.05) is 41.9 Å². The number of carbonyl (C=O) groups is 1. The van der Waals surface area contributed by atoms with Crippen LogP contribution in [-0.2, 0) is 20.6 Å². The Labute approximate surface area is 258 Å². The standard InChI is InChI=1S/C33H34ClFN4O5/c1-18-20(8-6-11-26(18)37-31(41)24-17-38(2)33(43)39(3)32(24)42)22-10-5-9-21(30(22)34)19-14-25(35)23(29(15-19)44-4)16-36-27-12-7-13-28(27)40/h5-6,8-11,14-15,17,27-28,36,40H,7,12-13,16H2,1-4H3,(H,37,41)/t27-,28+/m1/s1. The number of aryl methyl sites for hydroxylation is 1. The number of nitrogens with one attached hydrogen (secondary N) is 2. The molecule has 2 atom stereocenters. The monoisotopic (exact) mass is 620 g/mol. The van der Waals surface area contributed by atoms with Gasteiger partial charge in [-0.15, -0.1) is 0 Å². The van der Waals surface area contributed by atoms with Crippen LogP contribution in [-0.4, -0.2) is 39.4 Å². The number of rotatable bonds is 8. The molecule has 1 aliphatic rings. The number of anilines is 1. The summed E-state index contributed by atoms with van der Waals surface area (Å²) < 4.78 is 23.1. The van der Waals surface area contributed by atoms with E-state index >= 15 is 4.39 Å². The molecule has 1 aliphatic carbocycles. The number of carbonyl (C=O) groups excluding carboxylic acids is 1. The average molecular weight is 621 g/mol. The molecule has 5 rings (SSSR count). The van der Waals surface area contributed by atoms with E-state index in [4.69, 9.17) is 16.3 Å². The van der Waals surface area contributed by atoms with E-state index in [0.717, 1.165) is 29.4 Å². The Morgan fingerprint density at radius 3 is 2.50 bits per heavy atom. The van der Waals surface area contributed by atoms with Crippen molar-refractivity contribution in [1.29, 1.82) is 0 Å². The van der Waals surface area contributed by atoms with Crippen LogP contribution in [0.5, 0.6) is 5.75 Å². The number of hydrogen-bond donors (Lipinski definition) is 3. The van der Waals surface area contributed by atoms with E-state index in [1.807, 2.05) is 25.1 Å². The van der Waals surface area contributed by atoms with Gasteiger partial charge in [-0.25, -0.2) is 9.18 Å². The highest BCUT2D eigenvalue weighted by Gasteiger charge is 2.26. The summed E-state index contributed by atoms with van der Waals surface area (Å²) in [6.45, 7) is 2.03. The van der Waals surface area contributed by atoms with Crippen molar-refractivity contribution < 1.29 is 19.0 Å². The number of benzene rings is 3. The normalized spacial score (nSPS) is 16.2. The van der Waals surface area contributed by atoms with Gasteiger partial charge in [0.25, 0.3) is 11.5 Å². The Morgan fingerprint density at radius 1 is 1.09 bits per heavy atom. The number of hydrogen-bond acceptors (Lipinski definition) is 6. The molecule has 1 fully saturated rings. The van der Waals surface area contributed by atoms with Crippen LogP contribution in [0.15, 0.2) is 64.3 Å². The van der Waals surface area contributed by atoms with Crippen LogP contribution in [0, 0.1) is 12.7 Å². The summed E-state index contributed by atoms with van der Waals surface area (Å²) in [7, 11) is 4.27. The van der Waals surface area contributed by atoms with Gasteiger partial charge in [0, 0.05) is 55.3 Å². The summed E-state index contributed by atoms with van der Waals surface area (Å²) in [6.07, 6.45) is 3.26. The van der Waals surface area contributed by atoms with Crippen molar-refractivity contribution in [2.24, 2.45) is 14.1 Å². The van der Waals surface area contributed by atoms with Gasteiger partial charge in [0.15, 0.2) is 0 Å². The molecule has 44 heavy (non-hydrogen) atoms. The molecule has 3 aromatic carbocycles. The number of halogens is 2. The first kappa shape index (κ1) is 31.2. The van der Waals surface area contributed by atoms with Gasteiger partial charge in [-0.05, 0) is 61.1 Å². The SMILES string of the molecule is COc1cc(-c2cccc(-c3cccc(NC(=O)c4cn(C)c(=O)n(C)c4=O)c3C)c2Cl)cc(F)c1CN[C@@H]1CCC[C@@H]1O. The maximum Gasteiger partial charge on any atom is 0.330 e. The number of nitrogens with zero attached hydrogens (tertiary/aromatic N) is 2. The van der Waals surface area contributed by atoms with Crippen molar-refractivity contribution in [3.63, 3.8) is 0 Å². The van der Waals surface area contributed by atoms with Crippen LogP contribution in [0.2, 0.25) is 5.02 Å². The fourth-order valence-corrected chi connectivity index (χ4v) is 6.05. The molecule has 0 radical (unpaired) electrons. The molecule has 4 aromatic rings. The van der Waals surface area contributed by atoms with E-state index in [0.29, 0.717) is 44.3 Å². The van der Waals surface area contributed by atoms with Crippen LogP contribution in [0.3, 0.4) is 0 Å². The molecular weight excluding hydrogens is 587 g/mol. The van der Waals surface area contributed by atoms with Gasteiger partial charge in [-0.3, -0.25) is 14.2 Å². The number of ether oxygens (including phenoxy) is 1. The van der Waals surface area contributed by atoms with E-state index in [-0.39, 0.29) is 18.2 Å². The average Bonchev–Trinajstić information content (AvgIpc) is 3.42. The molecule has 0 saturated heterocycles. The minimum atomic E-state index is -0.698. The molecule has 9 nitrogen and oxygen atoms in total. The molecule has 0 bridgehead atoms. The van der Waals surface area contributed by atoms with Crippen molar-refractivity contribution in [2.45, 2.75) is 44.9 Å². The van der Waals surface area contributed by atoms with Gasteiger partial charge in [-0.2, -0.15) is 0 Å². The quantitative estimate of drug-likeness (QED) is 0.261. The first-order valence-corrected chi connectivity index (χ1v) is 14.6. The zero-order chi connectivity index (χ0) is 31.7. The molecule has 1 aromatic heterocycles. The second kappa shape index (κ2) is 12.8. The van der Waals surface area contributed by atoms with Gasteiger partial charge in [0.2, 0.25) is 0 Å². The molecule has 11 heteroatoms. The van der Waals surface area contributed by atoms with Crippen LogP contribution >= 0.6 is 11.6 Å². The molecule has 230 valence electrons. The third kappa shape index (κ3) is 5.93. The third-order valence-electron chi connectivity index (χ3n) is 8.27. The Kier molecular flexibility index (Phi) is 9.05. The van der Waals surface area contributed by atoms with Crippen molar-refractivity contribution >= 4 is 23.2 Å². The van der Waals surface area contributed by atoms with E-state index in [2.05, 4.69) is 10.6 Å². The van der Waals surface area contributed by atoms with E-state index in [9.17, 15) is 19.5 Å². The van der Waals surface area contributed by atoms with E-state index in [1.54, 1.807) is 24.3 Å². The topological polar surface area (TPSA) is 115 Å². The van der Waals surface area contributed by atoms with Crippen molar-refractivity contribution in [2.75, 3.05) is 12.4 Å². The molecule has 1 heterocycles. The first-order valence-electron chi connectivity index (χ1n) is 14.3. The predicted octanol–water partition coefficient (Wildman–Crippen LogP) is 4.78. The molecule has 0 aliphatic heterocycles. The number of aliphatic hydroxyl groups excluding tert-OH is 1. The summed E-state index contributed by atoms with van der Waals surface area (Å²) in [5.74, 6) is -0.737. The minimum Gasteiger partial charge on any atom is -0.496 e. The summed E-state index contributed by atoms with van der Waals surface area (Å²) in [6, 6.07) is 13.8. The summed E-state index contributed by atoms with van der Waals surface area (Å²) in [4.78, 5) is 37.7. The second-order valence-electron chi connectivity index (χ2n) is 11.0. The van der Waals surface area contributed by atoms with Gasteiger partial charge >= 0.3 is 5.69 Å². The molecule has 1 saturated carbocycles. The maximum absolute atomic E-state index is 15.5. The minimum absolute atomic E-state index is 0.0829. The summed E-state index contributed by atoms with van der Waals surface area (Å²) in [5, 5.41) is 16.5. The van der Waals surface area contributed by atoms with Crippen LogP contribution in [0.25, 0.3) is 22.3 Å². The van der Waals surface area contributed by atoms with E-state index in [1.165, 1.54) is 38.0 Å². The lowest BCUT2D eigenvalue weighted by Crippen LogP contribution is -2.40. The first-order chi connectivity index (χ1) is 21.0. The molecule has 0 unspecified atom stereocenters. The Morgan fingerprint density at radius 2 is 1.80 bits per heavy atom. The Balaban J connectivity index is 1.46. The zero-order valence-corrected chi connectivity index (χ0v) is 25.7. The number of methoxy groups -OCH3 is 1. The maximum atomic E-state index is 15.5. The van der Waals surface area contributed by atoms with Crippen LogP contribution in [0.1, 0.15) is 40.7 Å². The van der Waals surface area contributed by atoms with Gasteiger partial charge in [0.1, 0.15) is 17.1 Å². The molecular formula is C33H34ClFN4O5. The fraction of sp³-hybridized carbons (Fsp3) is 0.303. The van der Waals surface area contributed by atoms with Crippen molar-refractivity contribution in [1.82, 2.24) is 14.5 Å². The highest BCUT2D eigenvalue weighted by atomic mass is 35.5. The molecule has 3 N–H and O–H groups in total.